The van der Waals surface area contributed by atoms with Crippen LogP contribution in [0.25, 0.3) is 0 Å². The molecule has 0 heterocycles. The number of ether oxygens (including phenoxy) is 2. The van der Waals surface area contributed by atoms with Crippen molar-refractivity contribution in [2.45, 2.75) is 52.6 Å². The lowest BCUT2D eigenvalue weighted by molar-refractivity contribution is -0.0323. The van der Waals surface area contributed by atoms with Gasteiger partial charge in [-0.25, -0.2) is 0 Å². The van der Waals surface area contributed by atoms with Crippen molar-refractivity contribution in [3.63, 3.8) is 0 Å². The van der Waals surface area contributed by atoms with Crippen molar-refractivity contribution in [2.24, 2.45) is 11.8 Å². The topological polar surface area (TPSA) is 38.7 Å². The Kier molecular flexibility index (Phi) is 9.99. The summed E-state index contributed by atoms with van der Waals surface area (Å²) >= 11 is 0. The zero-order chi connectivity index (χ0) is 12.4. The Morgan fingerprint density at radius 2 is 1.75 bits per heavy atom. The van der Waals surface area contributed by atoms with E-state index in [0.29, 0.717) is 18.6 Å². The lowest BCUT2D eigenvalue weighted by Gasteiger charge is -2.18. The molecule has 0 amide bonds. The van der Waals surface area contributed by atoms with Gasteiger partial charge >= 0.3 is 0 Å². The highest BCUT2D eigenvalue weighted by Gasteiger charge is 2.10. The molecular weight excluding hydrogens is 204 g/mol. The molecule has 0 spiro atoms. The summed E-state index contributed by atoms with van der Waals surface area (Å²) in [5, 5.41) is 9.27. The normalized spacial score (nSPS) is 17.1. The molecule has 0 rings (SSSR count). The summed E-state index contributed by atoms with van der Waals surface area (Å²) in [4.78, 5) is 0. The molecule has 0 bridgehead atoms. The van der Waals surface area contributed by atoms with Crippen molar-refractivity contribution in [1.82, 2.24) is 0 Å². The quantitative estimate of drug-likeness (QED) is 0.465. The SMILES string of the molecule is COCOCCCC(C)CC(C)CC(C)O. The van der Waals surface area contributed by atoms with Crippen LogP contribution in [0.2, 0.25) is 0 Å². The molecular formula is C13H28O3. The van der Waals surface area contributed by atoms with Crippen LogP contribution in [0.5, 0.6) is 0 Å². The van der Waals surface area contributed by atoms with E-state index in [-0.39, 0.29) is 6.10 Å². The molecule has 3 nitrogen and oxygen atoms in total. The lowest BCUT2D eigenvalue weighted by Crippen LogP contribution is -2.11. The summed E-state index contributed by atoms with van der Waals surface area (Å²) < 4.78 is 10.0. The monoisotopic (exact) mass is 232 g/mol. The van der Waals surface area contributed by atoms with Gasteiger partial charge in [0.15, 0.2) is 0 Å². The van der Waals surface area contributed by atoms with Gasteiger partial charge in [-0.15, -0.1) is 0 Å². The largest absolute Gasteiger partial charge is 0.393 e. The highest BCUT2D eigenvalue weighted by atomic mass is 16.7. The van der Waals surface area contributed by atoms with Crippen molar-refractivity contribution in [3.05, 3.63) is 0 Å². The smallest absolute Gasteiger partial charge is 0.146 e. The van der Waals surface area contributed by atoms with Crippen LogP contribution in [0, 0.1) is 11.8 Å². The first-order valence-electron chi connectivity index (χ1n) is 6.31. The summed E-state index contributed by atoms with van der Waals surface area (Å²) in [5.74, 6) is 1.31. The van der Waals surface area contributed by atoms with Gasteiger partial charge in [0.25, 0.3) is 0 Å². The molecule has 16 heavy (non-hydrogen) atoms. The first-order chi connectivity index (χ1) is 7.56. The molecule has 0 saturated carbocycles. The zero-order valence-electron chi connectivity index (χ0n) is 11.2. The minimum Gasteiger partial charge on any atom is -0.393 e. The second-order valence-electron chi connectivity index (χ2n) is 4.99. The summed E-state index contributed by atoms with van der Waals surface area (Å²) in [6.45, 7) is 7.52. The molecule has 3 heteroatoms. The third-order valence-corrected chi connectivity index (χ3v) is 2.74. The Hall–Kier alpha value is -0.120. The van der Waals surface area contributed by atoms with Crippen molar-refractivity contribution in [1.29, 1.82) is 0 Å². The molecule has 0 saturated heterocycles. The highest BCUT2D eigenvalue weighted by Crippen LogP contribution is 2.20. The summed E-state index contributed by atoms with van der Waals surface area (Å²) in [5.41, 5.74) is 0. The standard InChI is InChI=1S/C13H28O3/c1-11(6-5-7-16-10-15-4)8-12(2)9-13(3)14/h11-14H,5-10H2,1-4H3. The molecule has 1 N–H and O–H groups in total. The van der Waals surface area contributed by atoms with E-state index in [2.05, 4.69) is 13.8 Å². The van der Waals surface area contributed by atoms with Gasteiger partial charge in [0.2, 0.25) is 0 Å². The van der Waals surface area contributed by atoms with Crippen LogP contribution in [0.4, 0.5) is 0 Å². The van der Waals surface area contributed by atoms with Crippen LogP contribution >= 0.6 is 0 Å². The molecule has 0 aromatic rings. The van der Waals surface area contributed by atoms with Crippen molar-refractivity contribution in [2.75, 3.05) is 20.5 Å². The van der Waals surface area contributed by atoms with Gasteiger partial charge in [-0.05, 0) is 44.4 Å². The number of hydrogen-bond donors (Lipinski definition) is 1. The Balaban J connectivity index is 3.39. The summed E-state index contributed by atoms with van der Waals surface area (Å²) in [6, 6.07) is 0. The second kappa shape index (κ2) is 10.1. The molecule has 0 radical (unpaired) electrons. The van der Waals surface area contributed by atoms with Gasteiger partial charge in [-0.2, -0.15) is 0 Å². The third-order valence-electron chi connectivity index (χ3n) is 2.74. The maximum Gasteiger partial charge on any atom is 0.146 e. The number of aliphatic hydroxyl groups is 1. The predicted molar refractivity (Wildman–Crippen MR) is 66.3 cm³/mol. The van der Waals surface area contributed by atoms with E-state index in [0.717, 1.165) is 19.4 Å². The fourth-order valence-electron chi connectivity index (χ4n) is 2.16. The minimum absolute atomic E-state index is 0.174. The second-order valence-corrected chi connectivity index (χ2v) is 4.99. The van der Waals surface area contributed by atoms with Gasteiger partial charge in [0, 0.05) is 13.7 Å². The van der Waals surface area contributed by atoms with E-state index in [1.165, 1.54) is 12.8 Å². The van der Waals surface area contributed by atoms with Crippen molar-refractivity contribution in [3.8, 4) is 0 Å². The van der Waals surface area contributed by atoms with Crippen LogP contribution in [0.3, 0.4) is 0 Å². The van der Waals surface area contributed by atoms with Gasteiger partial charge < -0.3 is 14.6 Å². The van der Waals surface area contributed by atoms with E-state index in [1.807, 2.05) is 6.92 Å². The molecule has 3 atom stereocenters. The first kappa shape index (κ1) is 15.9. The van der Waals surface area contributed by atoms with E-state index in [1.54, 1.807) is 7.11 Å². The lowest BCUT2D eigenvalue weighted by atomic mass is 9.90. The van der Waals surface area contributed by atoms with Crippen LogP contribution in [0.1, 0.15) is 46.5 Å². The molecule has 0 aliphatic heterocycles. The van der Waals surface area contributed by atoms with Crippen LogP contribution in [0.15, 0.2) is 0 Å². The fourth-order valence-corrected chi connectivity index (χ4v) is 2.16. The van der Waals surface area contributed by atoms with Crippen LogP contribution in [-0.2, 0) is 9.47 Å². The van der Waals surface area contributed by atoms with Gasteiger partial charge in [-0.1, -0.05) is 13.8 Å². The van der Waals surface area contributed by atoms with Crippen molar-refractivity contribution < 1.29 is 14.6 Å². The first-order valence-corrected chi connectivity index (χ1v) is 6.31. The Bertz CT molecular complexity index is 148. The Labute approximate surface area is 100 Å². The van der Waals surface area contributed by atoms with Gasteiger partial charge in [-0.3, -0.25) is 0 Å². The maximum absolute atomic E-state index is 9.27. The molecule has 98 valence electrons. The third kappa shape index (κ3) is 10.4. The van der Waals surface area contributed by atoms with Gasteiger partial charge in [0.05, 0.1) is 6.10 Å². The number of methoxy groups -OCH3 is 1. The summed E-state index contributed by atoms with van der Waals surface area (Å²) in [7, 11) is 1.64. The number of aliphatic hydroxyl groups excluding tert-OH is 1. The van der Waals surface area contributed by atoms with E-state index in [4.69, 9.17) is 9.47 Å². The average Bonchev–Trinajstić information content (AvgIpc) is 2.15. The molecule has 0 aromatic carbocycles. The zero-order valence-corrected chi connectivity index (χ0v) is 11.2. The average molecular weight is 232 g/mol. The van der Waals surface area contributed by atoms with E-state index < -0.39 is 0 Å². The highest BCUT2D eigenvalue weighted by molar-refractivity contribution is 4.62. The van der Waals surface area contributed by atoms with Crippen LogP contribution < -0.4 is 0 Å². The van der Waals surface area contributed by atoms with Crippen molar-refractivity contribution >= 4 is 0 Å². The Morgan fingerprint density at radius 3 is 2.31 bits per heavy atom. The Morgan fingerprint density at radius 1 is 1.06 bits per heavy atom. The number of rotatable bonds is 10. The molecule has 3 unspecified atom stereocenters. The van der Waals surface area contributed by atoms with Crippen LogP contribution in [-0.4, -0.2) is 31.7 Å². The maximum atomic E-state index is 9.27. The molecule has 0 aliphatic rings. The van der Waals surface area contributed by atoms with E-state index in [9.17, 15) is 5.11 Å². The van der Waals surface area contributed by atoms with Gasteiger partial charge in [0.1, 0.15) is 6.79 Å². The minimum atomic E-state index is -0.174. The predicted octanol–water partition coefficient (Wildman–Crippen LogP) is 2.82. The molecule has 0 fully saturated rings. The summed E-state index contributed by atoms with van der Waals surface area (Å²) in [6.07, 6.45) is 4.20. The van der Waals surface area contributed by atoms with E-state index >= 15 is 0 Å². The molecule has 0 aliphatic carbocycles. The fraction of sp³-hybridized carbons (Fsp3) is 1.00. The number of hydrogen-bond acceptors (Lipinski definition) is 3. The molecule has 0 aromatic heterocycles.